The number of carbonyl (C=O) groups is 1. The van der Waals surface area contributed by atoms with Gasteiger partial charge in [-0.3, -0.25) is 9.69 Å². The number of aliphatic hydroxyl groups excluding tert-OH is 1. The lowest BCUT2D eigenvalue weighted by Crippen LogP contribution is -2.38. The maximum atomic E-state index is 13.6. The SMILES string of the molecule is Cc1cccc2cccc(N3CCc4c(N)nc(OC[C@@H]5CC(F)(F)CN5C)nc4C3)c12.[C-]#[N+]C[C@@H](C)N(CC)C(=O)/C=C/CO. The molecule has 2 aliphatic heterocycles. The van der Waals surface area contributed by atoms with Crippen LogP contribution in [0.2, 0.25) is 0 Å². The van der Waals surface area contributed by atoms with Gasteiger partial charge in [0, 0.05) is 48.3 Å². The Morgan fingerprint density at radius 2 is 2.04 bits per heavy atom. The third-order valence-corrected chi connectivity index (χ3v) is 8.43. The van der Waals surface area contributed by atoms with Crippen LogP contribution in [0.4, 0.5) is 20.3 Å². The summed E-state index contributed by atoms with van der Waals surface area (Å²) in [4.78, 5) is 29.2. The minimum absolute atomic E-state index is 0.0756. The highest BCUT2D eigenvalue weighted by Crippen LogP contribution is 2.34. The van der Waals surface area contributed by atoms with Gasteiger partial charge < -0.3 is 30.2 Å². The number of aliphatic hydroxyl groups is 1. The molecule has 46 heavy (non-hydrogen) atoms. The average Bonchev–Trinajstić information content (AvgIpc) is 3.30. The molecule has 246 valence electrons. The molecule has 1 aromatic heterocycles. The van der Waals surface area contributed by atoms with Crippen molar-refractivity contribution in [2.75, 3.05) is 57.1 Å². The second-order valence-corrected chi connectivity index (χ2v) is 11.8. The Balaban J connectivity index is 0.000000292. The topological polar surface area (TPSA) is 112 Å². The van der Waals surface area contributed by atoms with Gasteiger partial charge >= 0.3 is 6.01 Å². The summed E-state index contributed by atoms with van der Waals surface area (Å²) < 4.78 is 33.0. The fourth-order valence-electron chi connectivity index (χ4n) is 6.06. The summed E-state index contributed by atoms with van der Waals surface area (Å²) in [6.07, 6.45) is 3.25. The maximum absolute atomic E-state index is 13.6. The van der Waals surface area contributed by atoms with Gasteiger partial charge in [0.2, 0.25) is 12.5 Å². The average molecular weight is 636 g/mol. The summed E-state index contributed by atoms with van der Waals surface area (Å²) in [5.41, 5.74) is 10.4. The molecule has 2 atom stereocenters. The number of anilines is 2. The van der Waals surface area contributed by atoms with Crippen molar-refractivity contribution in [1.29, 1.82) is 0 Å². The number of amides is 1. The maximum Gasteiger partial charge on any atom is 0.318 e. The second-order valence-electron chi connectivity index (χ2n) is 11.8. The molecule has 3 aromatic rings. The van der Waals surface area contributed by atoms with Crippen molar-refractivity contribution in [3.63, 3.8) is 0 Å². The number of hydrogen-bond acceptors (Lipinski definition) is 8. The van der Waals surface area contributed by atoms with E-state index < -0.39 is 5.92 Å². The Bertz CT molecular complexity index is 1590. The number of ether oxygens (including phenoxy) is 1. The van der Waals surface area contributed by atoms with Crippen LogP contribution in [0.25, 0.3) is 15.6 Å². The van der Waals surface area contributed by atoms with Crippen molar-refractivity contribution < 1.29 is 23.4 Å². The molecule has 2 aromatic carbocycles. The van der Waals surface area contributed by atoms with Crippen LogP contribution in [0, 0.1) is 13.5 Å². The molecule has 3 N–H and O–H groups in total. The second kappa shape index (κ2) is 15.3. The van der Waals surface area contributed by atoms with Crippen molar-refractivity contribution >= 4 is 28.2 Å². The molecule has 0 spiro atoms. The number of aromatic nitrogens is 2. The molecule has 0 unspecified atom stereocenters. The lowest BCUT2D eigenvalue weighted by atomic mass is 10.00. The first-order chi connectivity index (χ1) is 22.0. The molecule has 10 nitrogen and oxygen atoms in total. The molecule has 0 bridgehead atoms. The highest BCUT2D eigenvalue weighted by molar-refractivity contribution is 5.97. The van der Waals surface area contributed by atoms with Gasteiger partial charge in [-0.25, -0.2) is 15.4 Å². The van der Waals surface area contributed by atoms with E-state index in [-0.39, 0.29) is 50.2 Å². The van der Waals surface area contributed by atoms with Crippen LogP contribution >= 0.6 is 0 Å². The number of nitrogen functional groups attached to an aromatic ring is 1. The summed E-state index contributed by atoms with van der Waals surface area (Å²) in [7, 11) is 1.68. The lowest BCUT2D eigenvalue weighted by Gasteiger charge is -2.31. The van der Waals surface area contributed by atoms with Crippen LogP contribution in [0.15, 0.2) is 48.6 Å². The van der Waals surface area contributed by atoms with Gasteiger partial charge in [-0.2, -0.15) is 9.97 Å². The Kier molecular flexibility index (Phi) is 11.5. The fraction of sp³-hybridized carbons (Fsp3) is 0.471. The zero-order valence-electron chi connectivity index (χ0n) is 26.9. The molecule has 1 amide bonds. The van der Waals surface area contributed by atoms with E-state index in [1.807, 2.05) is 13.8 Å². The third kappa shape index (κ3) is 8.27. The number of halogens is 2. The Morgan fingerprint density at radius 1 is 1.30 bits per heavy atom. The molecule has 12 heteroatoms. The first-order valence-electron chi connectivity index (χ1n) is 15.5. The van der Waals surface area contributed by atoms with Crippen molar-refractivity contribution in [1.82, 2.24) is 19.8 Å². The van der Waals surface area contributed by atoms with Gasteiger partial charge in [0.15, 0.2) is 0 Å². The van der Waals surface area contributed by atoms with E-state index in [0.717, 1.165) is 24.2 Å². The molecular weight excluding hydrogens is 592 g/mol. The van der Waals surface area contributed by atoms with Gasteiger partial charge in [0.25, 0.3) is 5.92 Å². The van der Waals surface area contributed by atoms with E-state index >= 15 is 0 Å². The summed E-state index contributed by atoms with van der Waals surface area (Å²) in [6.45, 7) is 14.5. The highest BCUT2D eigenvalue weighted by Gasteiger charge is 2.43. The molecule has 1 saturated heterocycles. The summed E-state index contributed by atoms with van der Waals surface area (Å²) in [5, 5.41) is 10.9. The van der Waals surface area contributed by atoms with Gasteiger partial charge in [0.1, 0.15) is 18.5 Å². The van der Waals surface area contributed by atoms with E-state index in [1.165, 1.54) is 34.2 Å². The van der Waals surface area contributed by atoms with Gasteiger partial charge in [-0.15, -0.1) is 0 Å². The van der Waals surface area contributed by atoms with Crippen LogP contribution in [0.3, 0.4) is 0 Å². The number of fused-ring (bicyclic) bond motifs is 2. The highest BCUT2D eigenvalue weighted by atomic mass is 19.3. The number of alkyl halides is 2. The molecule has 0 saturated carbocycles. The smallest absolute Gasteiger partial charge is 0.318 e. The van der Waals surface area contributed by atoms with Crippen molar-refractivity contribution in [2.24, 2.45) is 0 Å². The lowest BCUT2D eigenvalue weighted by molar-refractivity contribution is -0.127. The van der Waals surface area contributed by atoms with Crippen LogP contribution < -0.4 is 15.4 Å². The first-order valence-corrected chi connectivity index (χ1v) is 15.5. The van der Waals surface area contributed by atoms with Gasteiger partial charge in [0.05, 0.1) is 25.4 Å². The Hall–Kier alpha value is -4.34. The van der Waals surface area contributed by atoms with Crippen molar-refractivity contribution in [2.45, 2.75) is 58.2 Å². The summed E-state index contributed by atoms with van der Waals surface area (Å²) in [5.74, 6) is -2.43. The van der Waals surface area contributed by atoms with E-state index in [9.17, 15) is 13.6 Å². The number of aryl methyl sites for hydroxylation is 1. The van der Waals surface area contributed by atoms with Crippen LogP contribution in [0.1, 0.15) is 37.1 Å². The molecule has 2 aliphatic rings. The van der Waals surface area contributed by atoms with E-state index in [1.54, 1.807) is 16.8 Å². The molecule has 1 fully saturated rings. The standard InChI is InChI=1S/C24H27F2N5O.C10H16N2O2/c1-15-5-3-6-16-7-4-8-20(21(15)16)31-10-9-18-19(12-31)28-23(29-22(18)27)32-13-17-11-24(25,26)14-30(17)2;1-4-12(9(2)8-11-3)10(14)6-5-7-13/h3-8,17H,9-14H2,1-2H3,(H2,27,28,29);5-6,9,13H,4,7-8H2,1-2H3/b;6-5+/t17-;9-/m01/s1. The third-order valence-electron chi connectivity index (χ3n) is 8.43. The van der Waals surface area contributed by atoms with E-state index in [2.05, 4.69) is 63.0 Å². The number of benzene rings is 2. The number of hydrogen-bond donors (Lipinski definition) is 2. The number of rotatable bonds is 9. The zero-order valence-corrected chi connectivity index (χ0v) is 26.9. The Morgan fingerprint density at radius 3 is 2.70 bits per heavy atom. The quantitative estimate of drug-likeness (QED) is 0.261. The number of nitrogens with zero attached hydrogens (tertiary/aromatic N) is 6. The fourth-order valence-corrected chi connectivity index (χ4v) is 6.06. The minimum atomic E-state index is -2.68. The normalized spacial score (nSPS) is 18.0. The Labute approximate surface area is 269 Å². The summed E-state index contributed by atoms with van der Waals surface area (Å²) >= 11 is 0. The van der Waals surface area contributed by atoms with Crippen LogP contribution in [-0.4, -0.2) is 95.2 Å². The number of likely N-dealkylation sites (tertiary alicyclic amines) is 1. The van der Waals surface area contributed by atoms with Gasteiger partial charge in [-0.1, -0.05) is 36.4 Å². The van der Waals surface area contributed by atoms with Gasteiger partial charge in [-0.05, 0) is 51.3 Å². The molecule has 0 radical (unpaired) electrons. The first kappa shape index (κ1) is 34.5. The number of carbonyl (C=O) groups excluding carboxylic acids is 1. The monoisotopic (exact) mass is 635 g/mol. The largest absolute Gasteiger partial charge is 0.462 e. The molecule has 3 heterocycles. The molecule has 0 aliphatic carbocycles. The van der Waals surface area contributed by atoms with E-state index in [0.29, 0.717) is 25.5 Å². The molecular formula is C34H43F2N7O3. The predicted molar refractivity (Wildman–Crippen MR) is 176 cm³/mol. The number of likely N-dealkylation sites (N-methyl/N-ethyl adjacent to an activating group) is 2. The zero-order chi connectivity index (χ0) is 33.4. The predicted octanol–water partition coefficient (Wildman–Crippen LogP) is 4.49. The van der Waals surface area contributed by atoms with Crippen molar-refractivity contribution in [3.05, 3.63) is 76.8 Å². The molecule has 5 rings (SSSR count). The van der Waals surface area contributed by atoms with Crippen LogP contribution in [0.5, 0.6) is 6.01 Å². The van der Waals surface area contributed by atoms with Crippen LogP contribution in [-0.2, 0) is 17.8 Å². The number of nitrogens with two attached hydrogens (primary N) is 1. The summed E-state index contributed by atoms with van der Waals surface area (Å²) in [6, 6.07) is 12.4. The van der Waals surface area contributed by atoms with E-state index in [4.69, 9.17) is 22.1 Å². The minimum Gasteiger partial charge on any atom is -0.462 e. The van der Waals surface area contributed by atoms with Crippen molar-refractivity contribution in [3.8, 4) is 6.01 Å².